The molecule has 1 rings (SSSR count). The SMILES string of the molecule is OCCC(CO)NCCN1CCOCC1. The van der Waals surface area contributed by atoms with E-state index in [1.54, 1.807) is 0 Å². The second kappa shape index (κ2) is 8.01. The lowest BCUT2D eigenvalue weighted by Crippen LogP contribution is -2.43. The average Bonchev–Trinajstić information content (AvgIpc) is 2.29. The van der Waals surface area contributed by atoms with E-state index < -0.39 is 0 Å². The highest BCUT2D eigenvalue weighted by Crippen LogP contribution is 1.95. The summed E-state index contributed by atoms with van der Waals surface area (Å²) in [6.07, 6.45) is 0.611. The van der Waals surface area contributed by atoms with E-state index in [1.165, 1.54) is 0 Å². The van der Waals surface area contributed by atoms with Crippen LogP contribution in [0.5, 0.6) is 0 Å². The first kappa shape index (κ1) is 12.9. The van der Waals surface area contributed by atoms with Gasteiger partial charge in [0, 0.05) is 38.8 Å². The van der Waals surface area contributed by atoms with E-state index >= 15 is 0 Å². The molecular formula is C10H22N2O3. The first-order valence-corrected chi connectivity index (χ1v) is 5.62. The van der Waals surface area contributed by atoms with Gasteiger partial charge in [-0.3, -0.25) is 4.90 Å². The fraction of sp³-hybridized carbons (Fsp3) is 1.00. The minimum atomic E-state index is 0.0241. The van der Waals surface area contributed by atoms with Gasteiger partial charge in [-0.15, -0.1) is 0 Å². The summed E-state index contributed by atoms with van der Waals surface area (Å²) < 4.78 is 5.25. The lowest BCUT2D eigenvalue weighted by Gasteiger charge is -2.27. The zero-order valence-electron chi connectivity index (χ0n) is 9.19. The van der Waals surface area contributed by atoms with Crippen molar-refractivity contribution < 1.29 is 14.9 Å². The number of hydrogen-bond acceptors (Lipinski definition) is 5. The Balaban J connectivity index is 2.03. The average molecular weight is 218 g/mol. The van der Waals surface area contributed by atoms with E-state index in [1.807, 2.05) is 0 Å². The fourth-order valence-corrected chi connectivity index (χ4v) is 1.67. The lowest BCUT2D eigenvalue weighted by atomic mass is 10.2. The Morgan fingerprint density at radius 1 is 1.27 bits per heavy atom. The molecule has 1 fully saturated rings. The zero-order valence-corrected chi connectivity index (χ0v) is 9.19. The molecule has 0 aliphatic carbocycles. The van der Waals surface area contributed by atoms with Crippen molar-refractivity contribution in [3.05, 3.63) is 0 Å². The molecular weight excluding hydrogens is 196 g/mol. The maximum absolute atomic E-state index is 8.99. The molecule has 5 heteroatoms. The van der Waals surface area contributed by atoms with Gasteiger partial charge in [-0.25, -0.2) is 0 Å². The van der Waals surface area contributed by atoms with Gasteiger partial charge in [-0.05, 0) is 6.42 Å². The summed E-state index contributed by atoms with van der Waals surface area (Å²) in [5.41, 5.74) is 0. The van der Waals surface area contributed by atoms with E-state index in [4.69, 9.17) is 14.9 Å². The van der Waals surface area contributed by atoms with Gasteiger partial charge >= 0.3 is 0 Å². The van der Waals surface area contributed by atoms with Gasteiger partial charge in [0.1, 0.15) is 0 Å². The minimum Gasteiger partial charge on any atom is -0.396 e. The molecule has 1 aliphatic heterocycles. The van der Waals surface area contributed by atoms with Crippen LogP contribution in [0.15, 0.2) is 0 Å². The predicted octanol–water partition coefficient (Wildman–Crippen LogP) is -1.35. The second-order valence-electron chi connectivity index (χ2n) is 3.80. The molecule has 1 heterocycles. The van der Waals surface area contributed by atoms with Crippen LogP contribution in [0.4, 0.5) is 0 Å². The molecule has 5 nitrogen and oxygen atoms in total. The maximum Gasteiger partial charge on any atom is 0.0594 e. The third-order valence-corrected chi connectivity index (χ3v) is 2.66. The normalized spacial score (nSPS) is 20.4. The fourth-order valence-electron chi connectivity index (χ4n) is 1.67. The van der Waals surface area contributed by atoms with Crippen molar-refractivity contribution >= 4 is 0 Å². The molecule has 0 aromatic rings. The largest absolute Gasteiger partial charge is 0.396 e. The summed E-state index contributed by atoms with van der Waals surface area (Å²) in [6.45, 7) is 5.66. The summed E-state index contributed by atoms with van der Waals surface area (Å²) in [7, 11) is 0. The molecule has 0 aromatic carbocycles. The molecule has 90 valence electrons. The third kappa shape index (κ3) is 5.44. The molecule has 15 heavy (non-hydrogen) atoms. The number of rotatable bonds is 7. The molecule has 0 radical (unpaired) electrons. The first-order chi connectivity index (χ1) is 7.36. The van der Waals surface area contributed by atoms with Crippen molar-refractivity contribution in [3.63, 3.8) is 0 Å². The van der Waals surface area contributed by atoms with Gasteiger partial charge in [0.2, 0.25) is 0 Å². The van der Waals surface area contributed by atoms with Gasteiger partial charge in [0.25, 0.3) is 0 Å². The number of morpholine rings is 1. The monoisotopic (exact) mass is 218 g/mol. The molecule has 0 amide bonds. The van der Waals surface area contributed by atoms with Crippen molar-refractivity contribution in [3.8, 4) is 0 Å². The van der Waals surface area contributed by atoms with Crippen LogP contribution in [0.25, 0.3) is 0 Å². The smallest absolute Gasteiger partial charge is 0.0594 e. The van der Waals surface area contributed by atoms with Crippen LogP contribution in [0.3, 0.4) is 0 Å². The Labute approximate surface area is 91.0 Å². The van der Waals surface area contributed by atoms with E-state index in [-0.39, 0.29) is 19.3 Å². The van der Waals surface area contributed by atoms with E-state index in [0.717, 1.165) is 39.4 Å². The Hall–Kier alpha value is -0.200. The van der Waals surface area contributed by atoms with Crippen LogP contribution in [0.1, 0.15) is 6.42 Å². The Morgan fingerprint density at radius 3 is 2.60 bits per heavy atom. The van der Waals surface area contributed by atoms with Crippen LogP contribution in [0.2, 0.25) is 0 Å². The van der Waals surface area contributed by atoms with Gasteiger partial charge in [-0.1, -0.05) is 0 Å². The summed E-state index contributed by atoms with van der Waals surface area (Å²) in [4.78, 5) is 2.34. The molecule has 1 atom stereocenters. The lowest BCUT2D eigenvalue weighted by molar-refractivity contribution is 0.0377. The second-order valence-corrected chi connectivity index (χ2v) is 3.80. The molecule has 1 unspecified atom stereocenters. The summed E-state index contributed by atoms with van der Waals surface area (Å²) >= 11 is 0. The molecule has 0 aromatic heterocycles. The number of aliphatic hydroxyl groups is 2. The van der Waals surface area contributed by atoms with Crippen molar-refractivity contribution in [2.24, 2.45) is 0 Å². The van der Waals surface area contributed by atoms with Gasteiger partial charge in [0.05, 0.1) is 19.8 Å². The molecule has 0 spiro atoms. The number of aliphatic hydroxyl groups excluding tert-OH is 2. The molecule has 1 aliphatic rings. The van der Waals surface area contributed by atoms with Gasteiger partial charge < -0.3 is 20.3 Å². The van der Waals surface area contributed by atoms with Crippen LogP contribution < -0.4 is 5.32 Å². The Kier molecular flexibility index (Phi) is 6.87. The minimum absolute atomic E-state index is 0.0241. The number of nitrogens with zero attached hydrogens (tertiary/aromatic N) is 1. The van der Waals surface area contributed by atoms with Crippen molar-refractivity contribution in [1.29, 1.82) is 0 Å². The predicted molar refractivity (Wildman–Crippen MR) is 57.8 cm³/mol. The van der Waals surface area contributed by atoms with Gasteiger partial charge in [0.15, 0.2) is 0 Å². The summed E-state index contributed by atoms with van der Waals surface area (Å²) in [6, 6.07) is 0.0241. The zero-order chi connectivity index (χ0) is 10.9. The molecule has 3 N–H and O–H groups in total. The summed E-state index contributed by atoms with van der Waals surface area (Å²) in [5, 5.41) is 20.9. The molecule has 0 saturated carbocycles. The highest BCUT2D eigenvalue weighted by molar-refractivity contribution is 4.68. The molecule has 0 bridgehead atoms. The Bertz CT molecular complexity index is 147. The first-order valence-electron chi connectivity index (χ1n) is 5.62. The van der Waals surface area contributed by atoms with Crippen LogP contribution in [-0.2, 0) is 4.74 Å². The van der Waals surface area contributed by atoms with Crippen LogP contribution >= 0.6 is 0 Å². The topological polar surface area (TPSA) is 65.0 Å². The van der Waals surface area contributed by atoms with Crippen LogP contribution in [-0.4, -0.2) is 73.8 Å². The standard InChI is InChI=1S/C10H22N2O3/c13-6-1-10(9-14)11-2-3-12-4-7-15-8-5-12/h10-11,13-14H,1-9H2. The van der Waals surface area contributed by atoms with Crippen molar-refractivity contribution in [2.45, 2.75) is 12.5 Å². The number of ether oxygens (including phenoxy) is 1. The highest BCUT2D eigenvalue weighted by Gasteiger charge is 2.10. The van der Waals surface area contributed by atoms with Crippen molar-refractivity contribution in [1.82, 2.24) is 10.2 Å². The summed E-state index contributed by atoms with van der Waals surface area (Å²) in [5.74, 6) is 0. The van der Waals surface area contributed by atoms with E-state index in [9.17, 15) is 0 Å². The quantitative estimate of drug-likeness (QED) is 0.493. The van der Waals surface area contributed by atoms with E-state index in [2.05, 4.69) is 10.2 Å². The maximum atomic E-state index is 8.99. The highest BCUT2D eigenvalue weighted by atomic mass is 16.5. The van der Waals surface area contributed by atoms with Crippen molar-refractivity contribution in [2.75, 3.05) is 52.6 Å². The van der Waals surface area contributed by atoms with Gasteiger partial charge in [-0.2, -0.15) is 0 Å². The third-order valence-electron chi connectivity index (χ3n) is 2.66. The number of nitrogens with one attached hydrogen (secondary N) is 1. The van der Waals surface area contributed by atoms with E-state index in [0.29, 0.717) is 6.42 Å². The number of hydrogen-bond donors (Lipinski definition) is 3. The molecule has 1 saturated heterocycles. The Morgan fingerprint density at radius 2 is 2.00 bits per heavy atom. The van der Waals surface area contributed by atoms with Crippen LogP contribution in [0, 0.1) is 0 Å².